The van der Waals surface area contributed by atoms with Crippen molar-refractivity contribution < 1.29 is 24.0 Å². The van der Waals surface area contributed by atoms with Gasteiger partial charge in [0.2, 0.25) is 0 Å². The summed E-state index contributed by atoms with van der Waals surface area (Å²) < 4.78 is 10.1. The molecule has 0 saturated carbocycles. The van der Waals surface area contributed by atoms with Gasteiger partial charge in [0.1, 0.15) is 5.75 Å². The van der Waals surface area contributed by atoms with Crippen LogP contribution in [-0.4, -0.2) is 25.1 Å². The molecule has 8 nitrogen and oxygen atoms in total. The fourth-order valence-corrected chi connectivity index (χ4v) is 2.67. The van der Waals surface area contributed by atoms with Gasteiger partial charge in [-0.25, -0.2) is 10.3 Å². The van der Waals surface area contributed by atoms with Crippen LogP contribution in [0.5, 0.6) is 11.5 Å². The fraction of sp³-hybridized carbons (Fsp3) is 0.167. The van der Waals surface area contributed by atoms with Crippen LogP contribution in [0.1, 0.15) is 21.5 Å². The van der Waals surface area contributed by atoms with Crippen molar-refractivity contribution in [2.24, 2.45) is 0 Å². The van der Waals surface area contributed by atoms with Crippen LogP contribution in [0.15, 0.2) is 42.5 Å². The van der Waals surface area contributed by atoms with Crippen molar-refractivity contribution in [3.8, 4) is 11.5 Å². The van der Waals surface area contributed by atoms with Crippen LogP contribution in [-0.2, 0) is 11.3 Å². The van der Waals surface area contributed by atoms with Crippen LogP contribution in [0.4, 0.5) is 5.69 Å². The summed E-state index contributed by atoms with van der Waals surface area (Å²) in [5, 5.41) is 11.1. The first kappa shape index (κ1) is 17.3. The average Bonchev–Trinajstić information content (AvgIpc) is 3.07. The fourth-order valence-electron chi connectivity index (χ4n) is 2.67. The Morgan fingerprint density at radius 2 is 1.96 bits per heavy atom. The first-order valence-corrected chi connectivity index (χ1v) is 7.70. The molecule has 0 atom stereocenters. The van der Waals surface area contributed by atoms with Crippen LogP contribution in [0.25, 0.3) is 5.70 Å². The molecule has 2 aromatic rings. The van der Waals surface area contributed by atoms with E-state index in [-0.39, 0.29) is 17.0 Å². The molecule has 134 valence electrons. The number of methoxy groups -OCH3 is 2. The number of carbonyl (C=O) groups is 1. The van der Waals surface area contributed by atoms with Gasteiger partial charge in [0, 0.05) is 11.6 Å². The van der Waals surface area contributed by atoms with Crippen molar-refractivity contribution in [2.75, 3.05) is 14.2 Å². The van der Waals surface area contributed by atoms with Gasteiger partial charge in [0.15, 0.2) is 5.75 Å². The zero-order valence-electron chi connectivity index (χ0n) is 14.1. The number of benzene rings is 2. The van der Waals surface area contributed by atoms with Gasteiger partial charge in [-0.15, -0.1) is 0 Å². The molecular formula is C18H16N2O6. The highest BCUT2D eigenvalue weighted by atomic mass is 16.7. The van der Waals surface area contributed by atoms with E-state index in [1.165, 1.54) is 19.2 Å². The minimum absolute atomic E-state index is 0.0403. The van der Waals surface area contributed by atoms with Gasteiger partial charge in [-0.2, -0.15) is 0 Å². The Labute approximate surface area is 149 Å². The molecule has 1 N–H and O–H groups in total. The van der Waals surface area contributed by atoms with Gasteiger partial charge in [-0.05, 0) is 42.3 Å². The number of hydrogen-bond donors (Lipinski definition) is 1. The quantitative estimate of drug-likeness (QED) is 0.627. The predicted octanol–water partition coefficient (Wildman–Crippen LogP) is 2.87. The van der Waals surface area contributed by atoms with E-state index in [4.69, 9.17) is 14.3 Å². The summed E-state index contributed by atoms with van der Waals surface area (Å²) in [5.74, 6) is 0.0837. The number of nitro groups is 1. The van der Waals surface area contributed by atoms with Crippen LogP contribution >= 0.6 is 0 Å². The minimum Gasteiger partial charge on any atom is -0.497 e. The summed E-state index contributed by atoms with van der Waals surface area (Å²) in [6, 6.07) is 9.46. The van der Waals surface area contributed by atoms with E-state index in [9.17, 15) is 14.9 Å². The van der Waals surface area contributed by atoms with Crippen molar-refractivity contribution in [1.29, 1.82) is 0 Å². The van der Waals surface area contributed by atoms with E-state index in [1.807, 2.05) is 24.3 Å². The molecule has 0 aliphatic heterocycles. The molecule has 0 amide bonds. The molecule has 0 aromatic heterocycles. The first-order valence-electron chi connectivity index (χ1n) is 7.70. The summed E-state index contributed by atoms with van der Waals surface area (Å²) in [6.07, 6.45) is 2.56. The minimum atomic E-state index is -0.737. The maximum Gasteiger partial charge on any atom is 0.363 e. The number of allylic oxidation sites excluding steroid dienone is 1. The highest BCUT2D eigenvalue weighted by molar-refractivity contribution is 5.91. The summed E-state index contributed by atoms with van der Waals surface area (Å²) in [7, 11) is 2.92. The molecule has 26 heavy (non-hydrogen) atoms. The van der Waals surface area contributed by atoms with E-state index >= 15 is 0 Å². The maximum atomic E-state index is 12.2. The number of nitrogens with one attached hydrogen (secondary N) is 1. The number of hydroxylamine groups is 1. The third kappa shape index (κ3) is 3.30. The third-order valence-electron chi connectivity index (χ3n) is 3.99. The molecule has 8 heteroatoms. The number of nitrogens with zero attached hydrogens (tertiary/aromatic N) is 1. The van der Waals surface area contributed by atoms with E-state index < -0.39 is 10.9 Å². The Balaban J connectivity index is 1.71. The first-order chi connectivity index (χ1) is 12.5. The van der Waals surface area contributed by atoms with Gasteiger partial charge < -0.3 is 14.3 Å². The van der Waals surface area contributed by atoms with Gasteiger partial charge in [-0.1, -0.05) is 6.08 Å². The summed E-state index contributed by atoms with van der Waals surface area (Å²) in [6.45, 7) is 0. The molecule has 1 aliphatic rings. The maximum absolute atomic E-state index is 12.2. The normalized spacial score (nSPS) is 12.0. The number of ether oxygens (including phenoxy) is 2. The van der Waals surface area contributed by atoms with Crippen molar-refractivity contribution in [3.63, 3.8) is 0 Å². The number of nitro benzene ring substituents is 1. The molecule has 2 aromatic carbocycles. The van der Waals surface area contributed by atoms with Crippen molar-refractivity contribution in [3.05, 3.63) is 69.3 Å². The number of fused-ring (bicyclic) bond motifs is 1. The van der Waals surface area contributed by atoms with E-state index in [1.54, 1.807) is 7.11 Å². The van der Waals surface area contributed by atoms with Crippen molar-refractivity contribution in [1.82, 2.24) is 5.48 Å². The summed E-state index contributed by atoms with van der Waals surface area (Å²) in [4.78, 5) is 27.7. The SMILES string of the molecule is COc1ccc2c(c1)CC=C2NOC(=O)c1ccc(OC)c([N+](=O)[O-])c1. The molecule has 0 fully saturated rings. The van der Waals surface area contributed by atoms with E-state index in [0.29, 0.717) is 12.1 Å². The lowest BCUT2D eigenvalue weighted by atomic mass is 10.1. The smallest absolute Gasteiger partial charge is 0.363 e. The number of hydrogen-bond acceptors (Lipinski definition) is 7. The van der Waals surface area contributed by atoms with Crippen molar-refractivity contribution in [2.45, 2.75) is 6.42 Å². The van der Waals surface area contributed by atoms with Crippen LogP contribution < -0.4 is 15.0 Å². The monoisotopic (exact) mass is 356 g/mol. The highest BCUT2D eigenvalue weighted by Crippen LogP contribution is 2.30. The lowest BCUT2D eigenvalue weighted by molar-refractivity contribution is -0.385. The topological polar surface area (TPSA) is 99.9 Å². The second-order valence-corrected chi connectivity index (χ2v) is 5.48. The number of carbonyl (C=O) groups excluding carboxylic acids is 1. The van der Waals surface area contributed by atoms with E-state index in [2.05, 4.69) is 5.48 Å². The molecule has 0 saturated heterocycles. The molecule has 0 spiro atoms. The lowest BCUT2D eigenvalue weighted by Crippen LogP contribution is -2.18. The standard InChI is InChI=1S/C18H16N2O6/c1-24-13-5-6-14-11(9-13)3-7-15(14)19-26-18(21)12-4-8-17(25-2)16(10-12)20(22)23/h4-10,19H,3H2,1-2H3. The van der Waals surface area contributed by atoms with Gasteiger partial charge >= 0.3 is 11.7 Å². The Bertz CT molecular complexity index is 907. The molecule has 0 bridgehead atoms. The Morgan fingerprint density at radius 1 is 1.15 bits per heavy atom. The average molecular weight is 356 g/mol. The van der Waals surface area contributed by atoms with Crippen LogP contribution in [0.2, 0.25) is 0 Å². The second-order valence-electron chi connectivity index (χ2n) is 5.48. The molecule has 1 aliphatic carbocycles. The highest BCUT2D eigenvalue weighted by Gasteiger charge is 2.20. The van der Waals surface area contributed by atoms with Crippen molar-refractivity contribution >= 4 is 17.4 Å². The Kier molecular flexibility index (Phi) is 4.74. The van der Waals surface area contributed by atoms with Gasteiger partial charge in [0.05, 0.1) is 30.4 Å². The number of rotatable bonds is 6. The largest absolute Gasteiger partial charge is 0.497 e. The zero-order chi connectivity index (χ0) is 18.7. The lowest BCUT2D eigenvalue weighted by Gasteiger charge is -2.10. The third-order valence-corrected chi connectivity index (χ3v) is 3.99. The molecule has 0 unspecified atom stereocenters. The molecule has 3 rings (SSSR count). The van der Waals surface area contributed by atoms with Crippen LogP contribution in [0.3, 0.4) is 0 Å². The second kappa shape index (κ2) is 7.14. The zero-order valence-corrected chi connectivity index (χ0v) is 14.1. The Hall–Kier alpha value is -3.55. The summed E-state index contributed by atoms with van der Waals surface area (Å²) in [5.41, 5.74) is 4.95. The molecule has 0 heterocycles. The molecule has 0 radical (unpaired) electrons. The van der Waals surface area contributed by atoms with E-state index in [0.717, 1.165) is 22.9 Å². The van der Waals surface area contributed by atoms with Gasteiger partial charge in [0.25, 0.3) is 0 Å². The molecular weight excluding hydrogens is 340 g/mol. The van der Waals surface area contributed by atoms with Crippen LogP contribution in [0, 0.1) is 10.1 Å². The Morgan fingerprint density at radius 3 is 2.65 bits per heavy atom. The van der Waals surface area contributed by atoms with Gasteiger partial charge in [-0.3, -0.25) is 10.1 Å². The summed E-state index contributed by atoms with van der Waals surface area (Å²) >= 11 is 0. The predicted molar refractivity (Wildman–Crippen MR) is 92.9 cm³/mol.